The molecule has 1 aromatic carbocycles. The number of benzene rings is 1. The van der Waals surface area contributed by atoms with Crippen molar-refractivity contribution in [3.8, 4) is 0 Å². The van der Waals surface area contributed by atoms with E-state index in [1.165, 1.54) is 6.92 Å². The van der Waals surface area contributed by atoms with Gasteiger partial charge in [0.05, 0.1) is 21.0 Å². The minimum absolute atomic E-state index is 0.398. The summed E-state index contributed by atoms with van der Waals surface area (Å²) in [6, 6.07) is 5.87. The van der Waals surface area contributed by atoms with E-state index in [9.17, 15) is 8.42 Å². The number of aromatic nitrogens is 1. The van der Waals surface area contributed by atoms with E-state index in [1.807, 2.05) is 18.2 Å². The molecule has 1 heterocycles. The molecule has 0 spiro atoms. The van der Waals surface area contributed by atoms with Crippen LogP contribution in [0.3, 0.4) is 0 Å². The average molecular weight is 271 g/mol. The van der Waals surface area contributed by atoms with E-state index in [0.29, 0.717) is 12.8 Å². The zero-order chi connectivity index (χ0) is 12.5. The van der Waals surface area contributed by atoms with Gasteiger partial charge in [-0.1, -0.05) is 12.1 Å². The highest BCUT2D eigenvalue weighted by molar-refractivity contribution is 7.86. The highest BCUT2D eigenvalue weighted by Gasteiger charge is 2.17. The minimum Gasteiger partial charge on any atom is -0.285 e. The van der Waals surface area contributed by atoms with E-state index in [0.717, 1.165) is 15.8 Å². The quantitative estimate of drug-likeness (QED) is 0.868. The molecule has 2 aromatic rings. The number of hydrogen-bond acceptors (Lipinski definition) is 4. The highest BCUT2D eigenvalue weighted by atomic mass is 32.2. The molecular weight excluding hydrogens is 258 g/mol. The largest absolute Gasteiger partial charge is 0.285 e. The van der Waals surface area contributed by atoms with Crippen LogP contribution in [-0.4, -0.2) is 23.2 Å². The van der Waals surface area contributed by atoms with Crippen molar-refractivity contribution in [2.45, 2.75) is 25.0 Å². The Morgan fingerprint density at radius 3 is 2.94 bits per heavy atom. The van der Waals surface area contributed by atoms with Crippen molar-refractivity contribution in [1.29, 1.82) is 0 Å². The molecule has 17 heavy (non-hydrogen) atoms. The molecule has 1 atom stereocenters. The van der Waals surface area contributed by atoms with Crippen molar-refractivity contribution >= 4 is 31.7 Å². The van der Waals surface area contributed by atoms with Crippen molar-refractivity contribution < 1.29 is 13.0 Å². The van der Waals surface area contributed by atoms with Crippen molar-refractivity contribution in [2.75, 3.05) is 0 Å². The summed E-state index contributed by atoms with van der Waals surface area (Å²) in [5.41, 5.74) is 3.74. The van der Waals surface area contributed by atoms with Gasteiger partial charge in [0.2, 0.25) is 0 Å². The minimum atomic E-state index is -3.93. The lowest BCUT2D eigenvalue weighted by molar-refractivity contribution is 0.466. The Balaban J connectivity index is 2.17. The van der Waals surface area contributed by atoms with Crippen LogP contribution in [0.5, 0.6) is 0 Å². The molecule has 2 rings (SSSR count). The van der Waals surface area contributed by atoms with E-state index in [-0.39, 0.29) is 0 Å². The van der Waals surface area contributed by atoms with Crippen LogP contribution >= 0.6 is 11.3 Å². The van der Waals surface area contributed by atoms with E-state index < -0.39 is 15.4 Å². The fourth-order valence-electron chi connectivity index (χ4n) is 1.65. The predicted molar refractivity (Wildman–Crippen MR) is 69.0 cm³/mol. The zero-order valence-corrected chi connectivity index (χ0v) is 11.0. The summed E-state index contributed by atoms with van der Waals surface area (Å²) >= 11 is 1.56. The molecule has 0 saturated carbocycles. The molecule has 0 aliphatic heterocycles. The molecule has 0 fully saturated rings. The Hall–Kier alpha value is -0.980. The number of nitrogens with zero attached hydrogens (tertiary/aromatic N) is 1. The maximum atomic E-state index is 10.9. The first kappa shape index (κ1) is 12.5. The summed E-state index contributed by atoms with van der Waals surface area (Å²) in [7, 11) is -3.93. The van der Waals surface area contributed by atoms with Gasteiger partial charge in [-0.3, -0.25) is 4.55 Å². The standard InChI is InChI=1S/C11H13NO3S2/c1-8(17(13,14)15)5-6-9-3-2-4-10-11(9)12-7-16-10/h2-4,7-8H,5-6H2,1H3,(H,13,14,15). The van der Waals surface area contributed by atoms with Crippen molar-refractivity contribution in [2.24, 2.45) is 0 Å². The van der Waals surface area contributed by atoms with Gasteiger partial charge in [0, 0.05) is 0 Å². The lowest BCUT2D eigenvalue weighted by Crippen LogP contribution is -2.17. The molecule has 0 bridgehead atoms. The molecule has 1 aromatic heterocycles. The van der Waals surface area contributed by atoms with Crippen LogP contribution in [0.1, 0.15) is 18.9 Å². The van der Waals surface area contributed by atoms with Gasteiger partial charge in [-0.15, -0.1) is 11.3 Å². The third kappa shape index (κ3) is 2.83. The maximum absolute atomic E-state index is 10.9. The van der Waals surface area contributed by atoms with Gasteiger partial charge in [-0.2, -0.15) is 8.42 Å². The maximum Gasteiger partial charge on any atom is 0.267 e. The number of aryl methyl sites for hydroxylation is 1. The molecule has 0 saturated heterocycles. The molecule has 0 aliphatic carbocycles. The summed E-state index contributed by atoms with van der Waals surface area (Å²) < 4.78 is 31.8. The van der Waals surface area contributed by atoms with E-state index in [1.54, 1.807) is 16.8 Å². The second kappa shape index (κ2) is 4.72. The molecule has 1 unspecified atom stereocenters. The Morgan fingerprint density at radius 1 is 1.47 bits per heavy atom. The average Bonchev–Trinajstić information content (AvgIpc) is 2.72. The first-order valence-corrected chi connectivity index (χ1v) is 7.64. The van der Waals surface area contributed by atoms with Crippen molar-refractivity contribution in [3.63, 3.8) is 0 Å². The van der Waals surface area contributed by atoms with Crippen LogP contribution < -0.4 is 0 Å². The smallest absolute Gasteiger partial charge is 0.267 e. The fourth-order valence-corrected chi connectivity index (χ4v) is 2.79. The number of para-hydroxylation sites is 1. The molecule has 6 heteroatoms. The van der Waals surface area contributed by atoms with E-state index >= 15 is 0 Å². The Labute approximate surface area is 104 Å². The van der Waals surface area contributed by atoms with Gasteiger partial charge in [0.25, 0.3) is 10.1 Å². The number of hydrogen-bond donors (Lipinski definition) is 1. The lowest BCUT2D eigenvalue weighted by Gasteiger charge is -2.08. The lowest BCUT2D eigenvalue weighted by atomic mass is 10.1. The molecule has 92 valence electrons. The Morgan fingerprint density at radius 2 is 2.24 bits per heavy atom. The summed E-state index contributed by atoms with van der Waals surface area (Å²) in [6.07, 6.45) is 0.998. The number of fused-ring (bicyclic) bond motifs is 1. The second-order valence-electron chi connectivity index (χ2n) is 3.98. The monoisotopic (exact) mass is 271 g/mol. The third-order valence-corrected chi connectivity index (χ3v) is 4.82. The number of thiazole rings is 1. The summed E-state index contributed by atoms with van der Waals surface area (Å²) in [4.78, 5) is 4.27. The normalized spacial score (nSPS) is 14.0. The molecule has 1 N–H and O–H groups in total. The molecular formula is C11H13NO3S2. The fraction of sp³-hybridized carbons (Fsp3) is 0.364. The summed E-state index contributed by atoms with van der Waals surface area (Å²) in [5.74, 6) is 0. The zero-order valence-electron chi connectivity index (χ0n) is 9.33. The topological polar surface area (TPSA) is 67.3 Å². The van der Waals surface area contributed by atoms with Crippen LogP contribution in [0, 0.1) is 0 Å². The Bertz CT molecular complexity index is 618. The van der Waals surface area contributed by atoms with Gasteiger partial charge in [0.1, 0.15) is 0 Å². The van der Waals surface area contributed by atoms with E-state index in [2.05, 4.69) is 4.98 Å². The third-order valence-electron chi connectivity index (χ3n) is 2.77. The second-order valence-corrected chi connectivity index (χ2v) is 6.70. The van der Waals surface area contributed by atoms with Gasteiger partial charge >= 0.3 is 0 Å². The van der Waals surface area contributed by atoms with Gasteiger partial charge < -0.3 is 0 Å². The Kier molecular flexibility index (Phi) is 3.46. The van der Waals surface area contributed by atoms with Crippen molar-refractivity contribution in [1.82, 2.24) is 4.98 Å². The van der Waals surface area contributed by atoms with Crippen LogP contribution in [-0.2, 0) is 16.5 Å². The molecule has 0 radical (unpaired) electrons. The van der Waals surface area contributed by atoms with Gasteiger partial charge in [-0.25, -0.2) is 4.98 Å². The highest BCUT2D eigenvalue weighted by Crippen LogP contribution is 2.23. The van der Waals surface area contributed by atoms with E-state index in [4.69, 9.17) is 4.55 Å². The predicted octanol–water partition coefficient (Wildman–Crippen LogP) is 2.51. The van der Waals surface area contributed by atoms with Crippen molar-refractivity contribution in [3.05, 3.63) is 29.3 Å². The number of rotatable bonds is 4. The molecule has 4 nitrogen and oxygen atoms in total. The van der Waals surface area contributed by atoms with Crippen LogP contribution in [0.25, 0.3) is 10.2 Å². The first-order valence-electron chi connectivity index (χ1n) is 5.26. The molecule has 0 amide bonds. The van der Waals surface area contributed by atoms with Crippen LogP contribution in [0.4, 0.5) is 0 Å². The van der Waals surface area contributed by atoms with Crippen LogP contribution in [0.15, 0.2) is 23.7 Å². The van der Waals surface area contributed by atoms with Gasteiger partial charge in [-0.05, 0) is 31.4 Å². The van der Waals surface area contributed by atoms with Gasteiger partial charge in [0.15, 0.2) is 0 Å². The first-order chi connectivity index (χ1) is 7.98. The summed E-state index contributed by atoms with van der Waals surface area (Å²) in [5, 5.41) is -0.739. The molecule has 0 aliphatic rings. The van der Waals surface area contributed by atoms with Crippen LogP contribution in [0.2, 0.25) is 0 Å². The SMILES string of the molecule is CC(CCc1cccc2scnc12)S(=O)(=O)O. The summed E-state index contributed by atoms with van der Waals surface area (Å²) in [6.45, 7) is 1.51.